The summed E-state index contributed by atoms with van der Waals surface area (Å²) in [6, 6.07) is 3.66. The number of rotatable bonds is 6. The number of nitrogens with one attached hydrogen (secondary N) is 1. The van der Waals surface area contributed by atoms with Gasteiger partial charge < -0.3 is 10.1 Å². The molecule has 0 aliphatic heterocycles. The fourth-order valence-corrected chi connectivity index (χ4v) is 2.00. The summed E-state index contributed by atoms with van der Waals surface area (Å²) in [5.41, 5.74) is 0.367. The molecule has 1 aromatic rings. The SMILES string of the molecule is COC(=O)[C@@H](CC=C(C)C)NC(=O)Cc1cccc(C(F)(F)F)c1. The molecule has 0 heterocycles. The normalized spacial score (nSPS) is 12.2. The maximum atomic E-state index is 12.7. The smallest absolute Gasteiger partial charge is 0.416 e. The lowest BCUT2D eigenvalue weighted by atomic mass is 10.1. The second-order valence-electron chi connectivity index (χ2n) is 5.54. The first-order valence-electron chi connectivity index (χ1n) is 7.30. The Hall–Kier alpha value is -2.31. The molecule has 7 heteroatoms. The Morgan fingerprint density at radius 2 is 1.96 bits per heavy atom. The summed E-state index contributed by atoms with van der Waals surface area (Å²) >= 11 is 0. The molecule has 0 aliphatic rings. The van der Waals surface area contributed by atoms with Crippen molar-refractivity contribution in [1.82, 2.24) is 5.32 Å². The molecule has 0 aromatic heterocycles. The Balaban J connectivity index is 2.79. The quantitative estimate of drug-likeness (QED) is 0.637. The van der Waals surface area contributed by atoms with Crippen molar-refractivity contribution >= 4 is 11.9 Å². The van der Waals surface area contributed by atoms with Crippen LogP contribution in [0.25, 0.3) is 0 Å². The zero-order chi connectivity index (χ0) is 18.3. The van der Waals surface area contributed by atoms with Gasteiger partial charge in [0.1, 0.15) is 6.04 Å². The zero-order valence-corrected chi connectivity index (χ0v) is 13.7. The molecular weight excluding hydrogens is 323 g/mol. The number of methoxy groups -OCH3 is 1. The molecule has 4 nitrogen and oxygen atoms in total. The molecular formula is C17H20F3NO3. The van der Waals surface area contributed by atoms with Crippen LogP contribution in [0.15, 0.2) is 35.9 Å². The highest BCUT2D eigenvalue weighted by Crippen LogP contribution is 2.29. The predicted octanol–water partition coefficient (Wildman–Crippen LogP) is 3.26. The fraction of sp³-hybridized carbons (Fsp3) is 0.412. The van der Waals surface area contributed by atoms with E-state index in [1.54, 1.807) is 6.08 Å². The van der Waals surface area contributed by atoms with Crippen LogP contribution in [0.2, 0.25) is 0 Å². The minimum absolute atomic E-state index is 0.216. The van der Waals surface area contributed by atoms with Crippen molar-refractivity contribution < 1.29 is 27.5 Å². The fourth-order valence-electron chi connectivity index (χ4n) is 2.00. The van der Waals surface area contributed by atoms with Crippen molar-refractivity contribution in [3.63, 3.8) is 0 Å². The van der Waals surface area contributed by atoms with E-state index in [2.05, 4.69) is 10.1 Å². The van der Waals surface area contributed by atoms with Crippen LogP contribution in [0.5, 0.6) is 0 Å². The lowest BCUT2D eigenvalue weighted by Crippen LogP contribution is -2.42. The molecule has 0 unspecified atom stereocenters. The van der Waals surface area contributed by atoms with Gasteiger partial charge in [-0.3, -0.25) is 4.79 Å². The number of allylic oxidation sites excluding steroid dienone is 1. The third kappa shape index (κ3) is 6.44. The van der Waals surface area contributed by atoms with Crippen molar-refractivity contribution in [3.8, 4) is 0 Å². The average Bonchev–Trinajstić information content (AvgIpc) is 2.49. The molecule has 0 fully saturated rings. The van der Waals surface area contributed by atoms with Crippen LogP contribution in [0, 0.1) is 0 Å². The number of hydrogen-bond donors (Lipinski definition) is 1. The summed E-state index contributed by atoms with van der Waals surface area (Å²) in [5, 5.41) is 2.49. The first kappa shape index (κ1) is 19.7. The zero-order valence-electron chi connectivity index (χ0n) is 13.7. The number of carbonyl (C=O) groups is 2. The summed E-state index contributed by atoms with van der Waals surface area (Å²) in [5.74, 6) is -1.16. The van der Waals surface area contributed by atoms with Gasteiger partial charge in [0.25, 0.3) is 0 Å². The summed E-state index contributed by atoms with van der Waals surface area (Å²) in [7, 11) is 1.21. The Morgan fingerprint density at radius 3 is 2.50 bits per heavy atom. The van der Waals surface area contributed by atoms with Gasteiger partial charge in [0.05, 0.1) is 19.1 Å². The highest BCUT2D eigenvalue weighted by Gasteiger charge is 2.30. The number of amides is 1. The van der Waals surface area contributed by atoms with E-state index in [1.807, 2.05) is 13.8 Å². The van der Waals surface area contributed by atoms with Crippen LogP contribution in [-0.4, -0.2) is 25.0 Å². The third-order valence-corrected chi connectivity index (χ3v) is 3.20. The molecule has 1 amide bonds. The van der Waals surface area contributed by atoms with Gasteiger partial charge in [-0.1, -0.05) is 29.8 Å². The minimum Gasteiger partial charge on any atom is -0.467 e. The lowest BCUT2D eigenvalue weighted by molar-refractivity contribution is -0.144. The average molecular weight is 343 g/mol. The van der Waals surface area contributed by atoms with Crippen LogP contribution in [0.1, 0.15) is 31.4 Å². The van der Waals surface area contributed by atoms with E-state index < -0.39 is 29.7 Å². The number of hydrogen-bond acceptors (Lipinski definition) is 3. The molecule has 132 valence electrons. The van der Waals surface area contributed by atoms with E-state index in [4.69, 9.17) is 0 Å². The van der Waals surface area contributed by atoms with Gasteiger partial charge in [0, 0.05) is 0 Å². The van der Waals surface area contributed by atoms with Crippen LogP contribution in [-0.2, 0) is 26.9 Å². The molecule has 1 N–H and O–H groups in total. The minimum atomic E-state index is -4.47. The topological polar surface area (TPSA) is 55.4 Å². The van der Waals surface area contributed by atoms with Gasteiger partial charge in [-0.05, 0) is 31.9 Å². The maximum absolute atomic E-state index is 12.7. The van der Waals surface area contributed by atoms with Gasteiger partial charge >= 0.3 is 12.1 Å². The Morgan fingerprint density at radius 1 is 1.29 bits per heavy atom. The van der Waals surface area contributed by atoms with Gasteiger partial charge in [0.15, 0.2) is 0 Å². The second kappa shape index (κ2) is 8.52. The summed E-state index contributed by atoms with van der Waals surface area (Å²) < 4.78 is 42.7. The lowest BCUT2D eigenvalue weighted by Gasteiger charge is -2.15. The van der Waals surface area contributed by atoms with Crippen molar-refractivity contribution in [2.45, 2.75) is 38.9 Å². The number of carbonyl (C=O) groups excluding carboxylic acids is 2. The van der Waals surface area contributed by atoms with Gasteiger partial charge in [0.2, 0.25) is 5.91 Å². The second-order valence-corrected chi connectivity index (χ2v) is 5.54. The van der Waals surface area contributed by atoms with E-state index in [1.165, 1.54) is 19.2 Å². The number of ether oxygens (including phenoxy) is 1. The molecule has 0 saturated heterocycles. The molecule has 0 spiro atoms. The molecule has 0 aliphatic carbocycles. The van der Waals surface area contributed by atoms with Gasteiger partial charge in [-0.25, -0.2) is 4.79 Å². The van der Waals surface area contributed by atoms with E-state index in [0.717, 1.165) is 17.7 Å². The highest BCUT2D eigenvalue weighted by molar-refractivity contribution is 5.85. The summed E-state index contributed by atoms with van der Waals surface area (Å²) in [6.45, 7) is 3.69. The molecule has 1 rings (SSSR count). The summed E-state index contributed by atoms with van der Waals surface area (Å²) in [6.07, 6.45) is -2.70. The molecule has 0 bridgehead atoms. The molecule has 0 saturated carbocycles. The Labute approximate surface area is 138 Å². The largest absolute Gasteiger partial charge is 0.467 e. The molecule has 0 radical (unpaired) electrons. The van der Waals surface area contributed by atoms with E-state index in [9.17, 15) is 22.8 Å². The molecule has 1 aromatic carbocycles. The van der Waals surface area contributed by atoms with Crippen molar-refractivity contribution in [2.75, 3.05) is 7.11 Å². The first-order valence-corrected chi connectivity index (χ1v) is 7.30. The highest BCUT2D eigenvalue weighted by atomic mass is 19.4. The van der Waals surface area contributed by atoms with Gasteiger partial charge in [-0.2, -0.15) is 13.2 Å². The van der Waals surface area contributed by atoms with Crippen LogP contribution >= 0.6 is 0 Å². The van der Waals surface area contributed by atoms with Crippen molar-refractivity contribution in [2.24, 2.45) is 0 Å². The van der Waals surface area contributed by atoms with Crippen LogP contribution in [0.4, 0.5) is 13.2 Å². The Kier molecular flexibility index (Phi) is 7.00. The summed E-state index contributed by atoms with van der Waals surface area (Å²) in [4.78, 5) is 23.7. The van der Waals surface area contributed by atoms with Gasteiger partial charge in [-0.15, -0.1) is 0 Å². The standard InChI is InChI=1S/C17H20F3NO3/c1-11(2)7-8-14(16(23)24-3)21-15(22)10-12-5-4-6-13(9-12)17(18,19)20/h4-7,9,14H,8,10H2,1-3H3,(H,21,22)/t14-/m1/s1. The first-order chi connectivity index (χ1) is 11.1. The monoisotopic (exact) mass is 343 g/mol. The number of alkyl halides is 3. The van der Waals surface area contributed by atoms with Crippen LogP contribution in [0.3, 0.4) is 0 Å². The van der Waals surface area contributed by atoms with E-state index >= 15 is 0 Å². The van der Waals surface area contributed by atoms with Crippen molar-refractivity contribution in [1.29, 1.82) is 0 Å². The maximum Gasteiger partial charge on any atom is 0.416 e. The predicted molar refractivity (Wildman–Crippen MR) is 83.1 cm³/mol. The van der Waals surface area contributed by atoms with Crippen molar-refractivity contribution in [3.05, 3.63) is 47.0 Å². The molecule has 1 atom stereocenters. The molecule has 24 heavy (non-hydrogen) atoms. The van der Waals surface area contributed by atoms with E-state index in [0.29, 0.717) is 0 Å². The number of benzene rings is 1. The number of esters is 1. The Bertz CT molecular complexity index is 620. The number of halogens is 3. The van der Waals surface area contributed by atoms with E-state index in [-0.39, 0.29) is 18.4 Å². The van der Waals surface area contributed by atoms with Crippen LogP contribution < -0.4 is 5.32 Å². The third-order valence-electron chi connectivity index (χ3n) is 3.20.